The monoisotopic (exact) mass is 901 g/mol. The highest BCUT2D eigenvalue weighted by molar-refractivity contribution is 6.08. The lowest BCUT2D eigenvalue weighted by Crippen LogP contribution is -2.11. The van der Waals surface area contributed by atoms with Crippen LogP contribution < -0.4 is 4.90 Å². The van der Waals surface area contributed by atoms with Crippen molar-refractivity contribution >= 4 is 56.7 Å². The van der Waals surface area contributed by atoms with E-state index in [-0.39, 0.29) is 6.61 Å². The Morgan fingerprint density at radius 2 is 1.09 bits per heavy atom. The zero-order chi connectivity index (χ0) is 47.5. The van der Waals surface area contributed by atoms with Gasteiger partial charge in [0.05, 0.1) is 12.3 Å². The van der Waals surface area contributed by atoms with Gasteiger partial charge in [0.2, 0.25) is 0 Å². The minimum absolute atomic E-state index is 0.0365. The van der Waals surface area contributed by atoms with Crippen LogP contribution in [0, 0.1) is 6.92 Å². The molecule has 0 unspecified atom stereocenters. The maximum atomic E-state index is 10.1. The number of benzene rings is 8. The quantitative estimate of drug-likeness (QED) is 0.110. The minimum atomic E-state index is -0.0365. The molecule has 70 heavy (non-hydrogen) atoms. The van der Waals surface area contributed by atoms with Crippen LogP contribution >= 0.6 is 0 Å². The van der Waals surface area contributed by atoms with Crippen molar-refractivity contribution in [2.24, 2.45) is 0 Å². The van der Waals surface area contributed by atoms with Gasteiger partial charge in [0.25, 0.3) is 0 Å². The average molecular weight is 902 g/mol. The van der Waals surface area contributed by atoms with Crippen LogP contribution in [-0.2, 0) is 6.61 Å². The smallest absolute Gasteiger partial charge is 0.0681 e. The SMILES string of the molecule is Cc1cc(-c2cccc3c(N(c4ccc(C=CC=C(c5ccccc5)c5ccccc5)cc4)c4ccc(CO)cc4)cc(C=CC(=C(c4ccccc4)c4ccccc4)c4ccncc4)cc23)ccn1. The molecule has 0 fully saturated rings. The molecule has 0 radical (unpaired) electrons. The van der Waals surface area contributed by atoms with E-state index in [9.17, 15) is 5.11 Å². The summed E-state index contributed by atoms with van der Waals surface area (Å²) in [5.41, 5.74) is 18.1. The van der Waals surface area contributed by atoms with Crippen molar-refractivity contribution in [2.75, 3.05) is 4.90 Å². The number of nitrogens with zero attached hydrogens (tertiary/aromatic N) is 3. The third-order valence-corrected chi connectivity index (χ3v) is 12.5. The van der Waals surface area contributed by atoms with Crippen molar-refractivity contribution in [1.29, 1.82) is 0 Å². The highest BCUT2D eigenvalue weighted by Gasteiger charge is 2.19. The summed E-state index contributed by atoms with van der Waals surface area (Å²) in [6.45, 7) is 2.00. The van der Waals surface area contributed by atoms with Gasteiger partial charge in [0.1, 0.15) is 0 Å². The number of allylic oxidation sites excluding steroid dienone is 4. The summed E-state index contributed by atoms with van der Waals surface area (Å²) in [4.78, 5) is 11.3. The van der Waals surface area contributed by atoms with E-state index in [4.69, 9.17) is 0 Å². The Hall–Kier alpha value is -8.96. The van der Waals surface area contributed by atoms with Crippen LogP contribution in [-0.4, -0.2) is 15.1 Å². The van der Waals surface area contributed by atoms with Gasteiger partial charge < -0.3 is 10.0 Å². The van der Waals surface area contributed by atoms with Crippen LogP contribution in [0.3, 0.4) is 0 Å². The standard InChI is InChI=1S/C66H51N3O/c1-48-44-57(40-43-68-48)61-26-15-27-63-64(61)45-51(32-37-62(54-38-41-67-42-39-54)66(55-21-10-4-11-22-55)56-23-12-5-13-24-56)46-65(63)69(59-35-30-50(47-70)31-36-59)58-33-28-49(29-34-58)16-14-25-60(52-17-6-2-7-18-52)53-19-8-3-9-20-53/h2-46,70H,47H2,1H3. The van der Waals surface area contributed by atoms with Crippen molar-refractivity contribution < 1.29 is 5.11 Å². The van der Waals surface area contributed by atoms with E-state index in [1.807, 2.05) is 37.6 Å². The first-order valence-electron chi connectivity index (χ1n) is 23.6. The van der Waals surface area contributed by atoms with Gasteiger partial charge in [-0.1, -0.05) is 194 Å². The van der Waals surface area contributed by atoms with Gasteiger partial charge in [-0.3, -0.25) is 9.97 Å². The first kappa shape index (κ1) is 44.9. The number of aliphatic hydroxyl groups excluding tert-OH is 1. The summed E-state index contributed by atoms with van der Waals surface area (Å²) < 4.78 is 0. The molecule has 4 heteroatoms. The molecule has 0 spiro atoms. The molecular formula is C66H51N3O. The van der Waals surface area contributed by atoms with Gasteiger partial charge in [-0.15, -0.1) is 0 Å². The molecule has 2 aromatic heterocycles. The molecule has 8 aromatic carbocycles. The first-order valence-corrected chi connectivity index (χ1v) is 23.6. The number of hydrogen-bond donors (Lipinski definition) is 1. The highest BCUT2D eigenvalue weighted by atomic mass is 16.3. The number of hydrogen-bond acceptors (Lipinski definition) is 4. The Bertz CT molecular complexity index is 3390. The molecule has 0 amide bonds. The second-order valence-electron chi connectivity index (χ2n) is 17.1. The molecule has 0 aliphatic heterocycles. The zero-order valence-corrected chi connectivity index (χ0v) is 39.0. The minimum Gasteiger partial charge on any atom is -0.392 e. The Kier molecular flexibility index (Phi) is 13.7. The molecule has 0 atom stereocenters. The molecule has 10 aromatic rings. The Labute approximate surface area is 410 Å². The number of anilines is 3. The molecule has 2 heterocycles. The third kappa shape index (κ3) is 10.1. The normalized spacial score (nSPS) is 11.2. The average Bonchev–Trinajstić information content (AvgIpc) is 3.42. The predicted molar refractivity (Wildman–Crippen MR) is 294 cm³/mol. The fourth-order valence-electron chi connectivity index (χ4n) is 9.12. The van der Waals surface area contributed by atoms with Crippen LogP contribution in [0.4, 0.5) is 17.1 Å². The number of pyridine rings is 2. The Balaban J connectivity index is 1.14. The second-order valence-corrected chi connectivity index (χ2v) is 17.1. The molecular weight excluding hydrogens is 851 g/mol. The lowest BCUT2D eigenvalue weighted by Gasteiger charge is -2.28. The van der Waals surface area contributed by atoms with Crippen molar-refractivity contribution in [3.8, 4) is 11.1 Å². The van der Waals surface area contributed by atoms with E-state index in [0.717, 1.165) is 94.8 Å². The number of aliphatic hydroxyl groups is 1. The predicted octanol–water partition coefficient (Wildman–Crippen LogP) is 16.4. The van der Waals surface area contributed by atoms with E-state index in [0.29, 0.717) is 0 Å². The maximum Gasteiger partial charge on any atom is 0.0681 e. The van der Waals surface area contributed by atoms with Gasteiger partial charge in [0, 0.05) is 41.0 Å². The summed E-state index contributed by atoms with van der Waals surface area (Å²) in [6, 6.07) is 78.8. The molecule has 0 saturated heterocycles. The van der Waals surface area contributed by atoms with Crippen LogP contribution in [0.1, 0.15) is 50.2 Å². The van der Waals surface area contributed by atoms with Gasteiger partial charge in [-0.05, 0) is 145 Å². The summed E-state index contributed by atoms with van der Waals surface area (Å²) in [6.07, 6.45) is 16.6. The maximum absolute atomic E-state index is 10.1. The lowest BCUT2D eigenvalue weighted by molar-refractivity contribution is 0.282. The summed E-state index contributed by atoms with van der Waals surface area (Å²) >= 11 is 0. The first-order chi connectivity index (χ1) is 34.6. The Morgan fingerprint density at radius 1 is 0.500 bits per heavy atom. The number of fused-ring (bicyclic) bond motifs is 1. The van der Waals surface area contributed by atoms with Gasteiger partial charge >= 0.3 is 0 Å². The number of aryl methyl sites for hydroxylation is 1. The number of rotatable bonds is 14. The molecule has 1 N–H and O–H groups in total. The zero-order valence-electron chi connectivity index (χ0n) is 39.0. The van der Waals surface area contributed by atoms with Crippen LogP contribution in [0.15, 0.2) is 261 Å². The van der Waals surface area contributed by atoms with Crippen LogP contribution in [0.2, 0.25) is 0 Å². The van der Waals surface area contributed by atoms with E-state index < -0.39 is 0 Å². The highest BCUT2D eigenvalue weighted by Crippen LogP contribution is 2.43. The van der Waals surface area contributed by atoms with Gasteiger partial charge in [-0.2, -0.15) is 0 Å². The summed E-state index contributed by atoms with van der Waals surface area (Å²) in [5.74, 6) is 0. The number of aromatic nitrogens is 2. The van der Waals surface area contributed by atoms with Crippen LogP contribution in [0.5, 0.6) is 0 Å². The third-order valence-electron chi connectivity index (χ3n) is 12.5. The van der Waals surface area contributed by atoms with E-state index in [1.165, 1.54) is 11.1 Å². The largest absolute Gasteiger partial charge is 0.392 e. The second kappa shape index (κ2) is 21.3. The van der Waals surface area contributed by atoms with Crippen molar-refractivity contribution in [2.45, 2.75) is 13.5 Å². The molecule has 0 aliphatic rings. The van der Waals surface area contributed by atoms with Crippen molar-refractivity contribution in [3.63, 3.8) is 0 Å². The summed E-state index contributed by atoms with van der Waals surface area (Å²) in [5, 5.41) is 12.3. The molecule has 0 bridgehead atoms. The van der Waals surface area contributed by atoms with Crippen LogP contribution in [0.25, 0.3) is 50.8 Å². The molecule has 336 valence electrons. The van der Waals surface area contributed by atoms with E-state index in [2.05, 4.69) is 258 Å². The fourth-order valence-corrected chi connectivity index (χ4v) is 9.12. The Morgan fingerprint density at radius 3 is 1.67 bits per heavy atom. The van der Waals surface area contributed by atoms with Gasteiger partial charge in [0.15, 0.2) is 0 Å². The van der Waals surface area contributed by atoms with Gasteiger partial charge in [-0.25, -0.2) is 0 Å². The molecule has 10 rings (SSSR count). The molecule has 0 saturated carbocycles. The molecule has 0 aliphatic carbocycles. The molecule has 4 nitrogen and oxygen atoms in total. The van der Waals surface area contributed by atoms with Crippen molar-refractivity contribution in [1.82, 2.24) is 9.97 Å². The summed E-state index contributed by atoms with van der Waals surface area (Å²) in [7, 11) is 0. The van der Waals surface area contributed by atoms with E-state index in [1.54, 1.807) is 0 Å². The lowest BCUT2D eigenvalue weighted by atomic mass is 9.89. The fraction of sp³-hybridized carbons (Fsp3) is 0.0303. The van der Waals surface area contributed by atoms with Crippen molar-refractivity contribution in [3.05, 3.63) is 311 Å². The topological polar surface area (TPSA) is 49.2 Å². The van der Waals surface area contributed by atoms with E-state index >= 15 is 0 Å².